The van der Waals surface area contributed by atoms with E-state index < -0.39 is 0 Å². The maximum absolute atomic E-state index is 6.18. The number of thiocarbonyl (C=S) groups is 1. The van der Waals surface area contributed by atoms with Gasteiger partial charge in [-0.2, -0.15) is 5.10 Å². The molecular weight excluding hydrogens is 294 g/mol. The summed E-state index contributed by atoms with van der Waals surface area (Å²) >= 11 is 11.2. The zero-order valence-corrected chi connectivity index (χ0v) is 13.5. The summed E-state index contributed by atoms with van der Waals surface area (Å²) in [5.41, 5.74) is 3.60. The van der Waals surface area contributed by atoms with Crippen LogP contribution >= 0.6 is 23.8 Å². The van der Waals surface area contributed by atoms with Crippen LogP contribution < -0.4 is 15.5 Å². The third-order valence-electron chi connectivity index (χ3n) is 2.58. The first-order valence-corrected chi connectivity index (χ1v) is 7.38. The van der Waals surface area contributed by atoms with Crippen LogP contribution in [0.4, 0.5) is 0 Å². The molecule has 4 nitrogen and oxygen atoms in total. The number of hydrazone groups is 1. The molecule has 1 unspecified atom stereocenters. The van der Waals surface area contributed by atoms with E-state index in [-0.39, 0.29) is 6.10 Å². The number of nitrogens with one attached hydrogen (secondary N) is 2. The minimum absolute atomic E-state index is 0.145. The van der Waals surface area contributed by atoms with Crippen molar-refractivity contribution in [2.75, 3.05) is 6.54 Å². The number of hydrogen-bond acceptors (Lipinski definition) is 3. The highest BCUT2D eigenvalue weighted by molar-refractivity contribution is 7.80. The van der Waals surface area contributed by atoms with Gasteiger partial charge in [0.25, 0.3) is 0 Å². The van der Waals surface area contributed by atoms with E-state index in [1.54, 1.807) is 12.3 Å². The Kier molecular flexibility index (Phi) is 7.33. The van der Waals surface area contributed by atoms with Gasteiger partial charge in [0.05, 0.1) is 17.3 Å². The topological polar surface area (TPSA) is 45.7 Å². The molecule has 0 bridgehead atoms. The zero-order chi connectivity index (χ0) is 15.0. The summed E-state index contributed by atoms with van der Waals surface area (Å²) < 4.78 is 5.70. The van der Waals surface area contributed by atoms with Crippen molar-refractivity contribution in [3.05, 3.63) is 28.8 Å². The fraction of sp³-hybridized carbons (Fsp3) is 0.429. The van der Waals surface area contributed by atoms with Gasteiger partial charge in [0.2, 0.25) is 0 Å². The summed E-state index contributed by atoms with van der Waals surface area (Å²) in [6, 6.07) is 5.55. The molecule has 0 saturated carbocycles. The molecule has 0 radical (unpaired) electrons. The summed E-state index contributed by atoms with van der Waals surface area (Å²) in [5.74, 6) is 0.689. The molecule has 110 valence electrons. The predicted octanol–water partition coefficient (Wildman–Crippen LogP) is 3.34. The Balaban J connectivity index is 2.63. The van der Waals surface area contributed by atoms with Crippen LogP contribution in [0.2, 0.25) is 5.02 Å². The van der Waals surface area contributed by atoms with Crippen LogP contribution in [0.1, 0.15) is 32.8 Å². The highest BCUT2D eigenvalue weighted by atomic mass is 35.5. The molecule has 0 aliphatic carbocycles. The Morgan fingerprint density at radius 2 is 2.25 bits per heavy atom. The summed E-state index contributed by atoms with van der Waals surface area (Å²) in [6.07, 6.45) is 2.74. The molecular formula is C14H20ClN3OS. The molecule has 1 rings (SSSR count). The lowest BCUT2D eigenvalue weighted by molar-refractivity contribution is 0.217. The van der Waals surface area contributed by atoms with Crippen molar-refractivity contribution in [3.8, 4) is 5.75 Å². The number of nitrogens with zero attached hydrogens (tertiary/aromatic N) is 1. The van der Waals surface area contributed by atoms with Crippen molar-refractivity contribution in [2.45, 2.75) is 33.3 Å². The van der Waals surface area contributed by atoms with E-state index in [2.05, 4.69) is 22.8 Å². The standard InChI is InChI=1S/C14H20ClN3OS/c1-4-10(3)19-13-7-6-11(8-12(13)15)9-17-18-14(20)16-5-2/h6-10H,4-5H2,1-3H3,(H2,16,18,20). The average molecular weight is 314 g/mol. The molecule has 1 aromatic rings. The highest BCUT2D eigenvalue weighted by Gasteiger charge is 2.06. The molecule has 2 N–H and O–H groups in total. The fourth-order valence-corrected chi connectivity index (χ4v) is 1.79. The Hall–Kier alpha value is -1.33. The third-order valence-corrected chi connectivity index (χ3v) is 3.11. The van der Waals surface area contributed by atoms with Crippen molar-refractivity contribution in [3.63, 3.8) is 0 Å². The zero-order valence-electron chi connectivity index (χ0n) is 11.9. The Morgan fingerprint density at radius 1 is 1.50 bits per heavy atom. The molecule has 0 spiro atoms. The first-order chi connectivity index (χ1) is 9.56. The van der Waals surface area contributed by atoms with Crippen LogP contribution in [0, 0.1) is 0 Å². The molecule has 0 aromatic heterocycles. The van der Waals surface area contributed by atoms with Crippen molar-refractivity contribution in [2.24, 2.45) is 5.10 Å². The number of benzene rings is 1. The number of hydrogen-bond donors (Lipinski definition) is 2. The van der Waals surface area contributed by atoms with E-state index in [0.717, 1.165) is 18.5 Å². The predicted molar refractivity (Wildman–Crippen MR) is 88.8 cm³/mol. The summed E-state index contributed by atoms with van der Waals surface area (Å²) in [7, 11) is 0. The van der Waals surface area contributed by atoms with Gasteiger partial charge in [0.15, 0.2) is 5.11 Å². The molecule has 0 aliphatic heterocycles. The number of ether oxygens (including phenoxy) is 1. The van der Waals surface area contributed by atoms with Crippen molar-refractivity contribution < 1.29 is 4.74 Å². The smallest absolute Gasteiger partial charge is 0.186 e. The lowest BCUT2D eigenvalue weighted by atomic mass is 10.2. The van der Waals surface area contributed by atoms with E-state index in [1.165, 1.54) is 0 Å². The normalized spacial score (nSPS) is 12.2. The Labute approximate surface area is 130 Å². The molecule has 0 amide bonds. The van der Waals surface area contributed by atoms with Crippen LogP contribution in [-0.4, -0.2) is 24.0 Å². The van der Waals surface area contributed by atoms with E-state index in [0.29, 0.717) is 15.9 Å². The van der Waals surface area contributed by atoms with Gasteiger partial charge in [-0.05, 0) is 56.2 Å². The van der Waals surface area contributed by atoms with Crippen LogP contribution in [-0.2, 0) is 0 Å². The maximum atomic E-state index is 6.18. The number of halogens is 1. The SMILES string of the molecule is CCNC(=S)NN=Cc1ccc(OC(C)CC)c(Cl)c1. The summed E-state index contributed by atoms with van der Waals surface area (Å²) in [6.45, 7) is 6.80. The van der Waals surface area contributed by atoms with Crippen molar-refractivity contribution in [1.82, 2.24) is 10.7 Å². The van der Waals surface area contributed by atoms with Crippen LogP contribution in [0.5, 0.6) is 5.75 Å². The monoisotopic (exact) mass is 313 g/mol. The van der Waals surface area contributed by atoms with Crippen molar-refractivity contribution >= 4 is 35.1 Å². The first kappa shape index (κ1) is 16.7. The molecule has 0 heterocycles. The largest absolute Gasteiger partial charge is 0.489 e. The fourth-order valence-electron chi connectivity index (χ4n) is 1.36. The van der Waals surface area contributed by atoms with Gasteiger partial charge >= 0.3 is 0 Å². The van der Waals surface area contributed by atoms with Gasteiger partial charge in [-0.15, -0.1) is 0 Å². The second kappa shape index (κ2) is 8.76. The second-order valence-corrected chi connectivity index (χ2v) is 5.07. The average Bonchev–Trinajstić information content (AvgIpc) is 2.42. The van der Waals surface area contributed by atoms with Crippen LogP contribution in [0.25, 0.3) is 0 Å². The van der Waals surface area contributed by atoms with Gasteiger partial charge in [-0.25, -0.2) is 0 Å². The minimum atomic E-state index is 0.145. The molecule has 1 atom stereocenters. The highest BCUT2D eigenvalue weighted by Crippen LogP contribution is 2.26. The summed E-state index contributed by atoms with van der Waals surface area (Å²) in [5, 5.41) is 8.04. The van der Waals surface area contributed by atoms with Gasteiger partial charge in [0.1, 0.15) is 5.75 Å². The van der Waals surface area contributed by atoms with E-state index >= 15 is 0 Å². The van der Waals surface area contributed by atoms with E-state index in [4.69, 9.17) is 28.6 Å². The van der Waals surface area contributed by atoms with Gasteiger partial charge < -0.3 is 10.1 Å². The quantitative estimate of drug-likeness (QED) is 0.480. The summed E-state index contributed by atoms with van der Waals surface area (Å²) in [4.78, 5) is 0. The molecule has 20 heavy (non-hydrogen) atoms. The van der Waals surface area contributed by atoms with Crippen LogP contribution in [0.3, 0.4) is 0 Å². The van der Waals surface area contributed by atoms with Crippen molar-refractivity contribution in [1.29, 1.82) is 0 Å². The molecule has 1 aromatic carbocycles. The lowest BCUT2D eigenvalue weighted by Crippen LogP contribution is -2.31. The van der Waals surface area contributed by atoms with Crippen LogP contribution in [0.15, 0.2) is 23.3 Å². The molecule has 6 heteroatoms. The second-order valence-electron chi connectivity index (χ2n) is 4.26. The minimum Gasteiger partial charge on any atom is -0.489 e. The molecule has 0 saturated heterocycles. The molecule has 0 fully saturated rings. The number of rotatable bonds is 6. The van der Waals surface area contributed by atoms with Gasteiger partial charge in [0, 0.05) is 6.54 Å². The van der Waals surface area contributed by atoms with Gasteiger partial charge in [-0.3, -0.25) is 5.43 Å². The lowest BCUT2D eigenvalue weighted by Gasteiger charge is -2.13. The Bertz CT molecular complexity index is 479. The maximum Gasteiger partial charge on any atom is 0.186 e. The van der Waals surface area contributed by atoms with Gasteiger partial charge in [-0.1, -0.05) is 18.5 Å². The van der Waals surface area contributed by atoms with E-state index in [1.807, 2.05) is 26.0 Å². The third kappa shape index (κ3) is 5.75. The first-order valence-electron chi connectivity index (χ1n) is 6.59. The van der Waals surface area contributed by atoms with E-state index in [9.17, 15) is 0 Å². The Morgan fingerprint density at radius 3 is 2.85 bits per heavy atom. The molecule has 0 aliphatic rings.